The lowest BCUT2D eigenvalue weighted by molar-refractivity contribution is 0.0655. The topological polar surface area (TPSA) is 50.8 Å². The molecule has 1 aromatic carbocycles. The number of amides is 1. The standard InChI is InChI=1S/C18H28N2O3.ClH/c1-4-6-11-23-16-8-7-15(12-17(16)22-5-2)18(21)20-10-9-19-13-14(20)3;/h7-8,12,14,19H,4-6,9-11,13H2,1-3H3;1H. The number of piperazine rings is 1. The molecule has 136 valence electrons. The summed E-state index contributed by atoms with van der Waals surface area (Å²) in [5.74, 6) is 1.42. The Bertz CT molecular complexity index is 525. The molecule has 1 aromatic rings. The maximum Gasteiger partial charge on any atom is 0.254 e. The van der Waals surface area contributed by atoms with Crippen LogP contribution in [0.5, 0.6) is 11.5 Å². The highest BCUT2D eigenvalue weighted by atomic mass is 35.5. The van der Waals surface area contributed by atoms with E-state index < -0.39 is 0 Å². The fourth-order valence-electron chi connectivity index (χ4n) is 2.66. The number of hydrogen-bond donors (Lipinski definition) is 1. The highest BCUT2D eigenvalue weighted by Crippen LogP contribution is 2.29. The van der Waals surface area contributed by atoms with Gasteiger partial charge < -0.3 is 19.7 Å². The molecule has 6 heteroatoms. The summed E-state index contributed by atoms with van der Waals surface area (Å²) in [6.07, 6.45) is 2.09. The summed E-state index contributed by atoms with van der Waals surface area (Å²) in [5, 5.41) is 3.30. The third kappa shape index (κ3) is 5.28. The molecule has 0 bridgehead atoms. The second-order valence-corrected chi connectivity index (χ2v) is 5.85. The van der Waals surface area contributed by atoms with Gasteiger partial charge in [-0.3, -0.25) is 4.79 Å². The van der Waals surface area contributed by atoms with Gasteiger partial charge in [0.1, 0.15) is 0 Å². The number of ether oxygens (including phenoxy) is 2. The van der Waals surface area contributed by atoms with Crippen LogP contribution in [0.1, 0.15) is 44.0 Å². The van der Waals surface area contributed by atoms with Gasteiger partial charge in [0.15, 0.2) is 11.5 Å². The molecular weight excluding hydrogens is 328 g/mol. The predicted molar refractivity (Wildman–Crippen MR) is 98.6 cm³/mol. The molecule has 0 aromatic heterocycles. The number of carbonyl (C=O) groups is 1. The first kappa shape index (κ1) is 20.6. The smallest absolute Gasteiger partial charge is 0.254 e. The van der Waals surface area contributed by atoms with Gasteiger partial charge in [0, 0.05) is 31.2 Å². The summed E-state index contributed by atoms with van der Waals surface area (Å²) in [6.45, 7) is 9.75. The number of halogens is 1. The van der Waals surface area contributed by atoms with Gasteiger partial charge in [-0.05, 0) is 38.5 Å². The summed E-state index contributed by atoms with van der Waals surface area (Å²) in [6, 6.07) is 5.69. The Balaban J connectivity index is 0.00000288. The van der Waals surface area contributed by atoms with E-state index in [1.54, 1.807) is 0 Å². The maximum absolute atomic E-state index is 12.7. The molecule has 0 spiro atoms. The van der Waals surface area contributed by atoms with Crippen LogP contribution in [0.2, 0.25) is 0 Å². The third-order valence-electron chi connectivity index (χ3n) is 4.01. The Hall–Kier alpha value is -1.46. The summed E-state index contributed by atoms with van der Waals surface area (Å²) in [7, 11) is 0. The van der Waals surface area contributed by atoms with Gasteiger partial charge in [-0.1, -0.05) is 13.3 Å². The first-order valence-electron chi connectivity index (χ1n) is 8.58. The summed E-state index contributed by atoms with van der Waals surface area (Å²) in [4.78, 5) is 14.7. The van der Waals surface area contributed by atoms with Crippen LogP contribution in [0, 0.1) is 0 Å². The fourth-order valence-corrected chi connectivity index (χ4v) is 2.66. The number of nitrogens with one attached hydrogen (secondary N) is 1. The van der Waals surface area contributed by atoms with E-state index in [0.29, 0.717) is 30.3 Å². The zero-order valence-electron chi connectivity index (χ0n) is 14.8. The van der Waals surface area contributed by atoms with E-state index >= 15 is 0 Å². The minimum Gasteiger partial charge on any atom is -0.490 e. The van der Waals surface area contributed by atoms with E-state index in [9.17, 15) is 4.79 Å². The second-order valence-electron chi connectivity index (χ2n) is 5.85. The molecule has 1 N–H and O–H groups in total. The highest BCUT2D eigenvalue weighted by Gasteiger charge is 2.24. The summed E-state index contributed by atoms with van der Waals surface area (Å²) in [5.41, 5.74) is 0.657. The number of rotatable bonds is 7. The summed E-state index contributed by atoms with van der Waals surface area (Å²) < 4.78 is 11.4. The van der Waals surface area contributed by atoms with Gasteiger partial charge >= 0.3 is 0 Å². The van der Waals surface area contributed by atoms with Crippen molar-refractivity contribution in [3.05, 3.63) is 23.8 Å². The van der Waals surface area contributed by atoms with Crippen molar-refractivity contribution in [2.24, 2.45) is 0 Å². The lowest BCUT2D eigenvalue weighted by Crippen LogP contribution is -2.52. The Kier molecular flexibility index (Phi) is 8.93. The van der Waals surface area contributed by atoms with Crippen LogP contribution in [0.3, 0.4) is 0 Å². The van der Waals surface area contributed by atoms with Crippen LogP contribution in [0.15, 0.2) is 18.2 Å². The molecule has 0 radical (unpaired) electrons. The number of unbranched alkanes of at least 4 members (excludes halogenated alkanes) is 1. The molecule has 1 saturated heterocycles. The van der Waals surface area contributed by atoms with Crippen molar-refractivity contribution >= 4 is 18.3 Å². The van der Waals surface area contributed by atoms with Crippen molar-refractivity contribution in [3.8, 4) is 11.5 Å². The Morgan fingerprint density at radius 1 is 1.29 bits per heavy atom. The van der Waals surface area contributed by atoms with Crippen molar-refractivity contribution in [2.45, 2.75) is 39.7 Å². The highest BCUT2D eigenvalue weighted by molar-refractivity contribution is 5.95. The minimum absolute atomic E-state index is 0. The van der Waals surface area contributed by atoms with E-state index in [-0.39, 0.29) is 24.4 Å². The van der Waals surface area contributed by atoms with Crippen molar-refractivity contribution in [2.75, 3.05) is 32.8 Å². The maximum atomic E-state index is 12.7. The first-order chi connectivity index (χ1) is 11.2. The molecule has 1 unspecified atom stereocenters. The quantitative estimate of drug-likeness (QED) is 0.763. The number of benzene rings is 1. The molecular formula is C18H29ClN2O3. The molecule has 2 rings (SSSR count). The van der Waals surface area contributed by atoms with Crippen molar-refractivity contribution in [1.82, 2.24) is 10.2 Å². The van der Waals surface area contributed by atoms with E-state index in [4.69, 9.17) is 9.47 Å². The molecule has 1 aliphatic heterocycles. The van der Waals surface area contributed by atoms with Crippen molar-refractivity contribution in [3.63, 3.8) is 0 Å². The van der Waals surface area contributed by atoms with Gasteiger partial charge in [-0.2, -0.15) is 0 Å². The zero-order valence-corrected chi connectivity index (χ0v) is 15.7. The molecule has 1 fully saturated rings. The Labute approximate surface area is 151 Å². The number of carbonyl (C=O) groups excluding carboxylic acids is 1. The van der Waals surface area contributed by atoms with E-state index in [1.165, 1.54) is 0 Å². The lowest BCUT2D eigenvalue weighted by Gasteiger charge is -2.34. The van der Waals surface area contributed by atoms with Gasteiger partial charge in [-0.25, -0.2) is 0 Å². The van der Waals surface area contributed by atoms with E-state index in [1.807, 2.05) is 30.0 Å². The van der Waals surface area contributed by atoms with Gasteiger partial charge in [-0.15, -0.1) is 12.4 Å². The minimum atomic E-state index is 0. The first-order valence-corrected chi connectivity index (χ1v) is 8.58. The molecule has 1 heterocycles. The normalized spacial score (nSPS) is 17.1. The lowest BCUT2D eigenvalue weighted by atomic mass is 10.1. The number of nitrogens with zero attached hydrogens (tertiary/aromatic N) is 1. The van der Waals surface area contributed by atoms with Crippen LogP contribution in [-0.2, 0) is 0 Å². The third-order valence-corrected chi connectivity index (χ3v) is 4.01. The van der Waals surface area contributed by atoms with Crippen LogP contribution in [-0.4, -0.2) is 49.7 Å². The van der Waals surface area contributed by atoms with Crippen LogP contribution in [0.4, 0.5) is 0 Å². The Morgan fingerprint density at radius 3 is 2.75 bits per heavy atom. The molecule has 5 nitrogen and oxygen atoms in total. The van der Waals surface area contributed by atoms with Crippen LogP contribution >= 0.6 is 12.4 Å². The molecule has 24 heavy (non-hydrogen) atoms. The molecule has 1 atom stereocenters. The predicted octanol–water partition coefficient (Wildman–Crippen LogP) is 3.12. The fraction of sp³-hybridized carbons (Fsp3) is 0.611. The van der Waals surface area contributed by atoms with Gasteiger partial charge in [0.25, 0.3) is 5.91 Å². The summed E-state index contributed by atoms with van der Waals surface area (Å²) >= 11 is 0. The second kappa shape index (κ2) is 10.4. The van der Waals surface area contributed by atoms with Crippen molar-refractivity contribution < 1.29 is 14.3 Å². The Morgan fingerprint density at radius 2 is 2.08 bits per heavy atom. The molecule has 0 saturated carbocycles. The average molecular weight is 357 g/mol. The average Bonchev–Trinajstić information content (AvgIpc) is 2.56. The monoisotopic (exact) mass is 356 g/mol. The largest absolute Gasteiger partial charge is 0.490 e. The van der Waals surface area contributed by atoms with Crippen LogP contribution in [0.25, 0.3) is 0 Å². The van der Waals surface area contributed by atoms with Gasteiger partial charge in [0.05, 0.1) is 13.2 Å². The molecule has 1 amide bonds. The molecule has 1 aliphatic rings. The number of hydrogen-bond acceptors (Lipinski definition) is 4. The van der Waals surface area contributed by atoms with Crippen LogP contribution < -0.4 is 14.8 Å². The van der Waals surface area contributed by atoms with E-state index in [0.717, 1.165) is 32.5 Å². The van der Waals surface area contributed by atoms with Gasteiger partial charge in [0.2, 0.25) is 0 Å². The zero-order chi connectivity index (χ0) is 16.7. The SMILES string of the molecule is CCCCOc1ccc(C(=O)N2CCNCC2C)cc1OCC.Cl. The molecule has 0 aliphatic carbocycles. The van der Waals surface area contributed by atoms with Crippen molar-refractivity contribution in [1.29, 1.82) is 0 Å². The van der Waals surface area contributed by atoms with E-state index in [2.05, 4.69) is 19.2 Å².